The van der Waals surface area contributed by atoms with Crippen molar-refractivity contribution in [1.82, 2.24) is 0 Å². The summed E-state index contributed by atoms with van der Waals surface area (Å²) in [6.45, 7) is 0.255. The number of hydrogen-bond acceptors (Lipinski definition) is 4. The molecule has 0 radical (unpaired) electrons. The fraction of sp³-hybridized carbons (Fsp3) is 0.0833. The Balaban J connectivity index is 1.82. The molecule has 3 rings (SSSR count). The van der Waals surface area contributed by atoms with Crippen LogP contribution in [0.4, 0.5) is 5.69 Å². The van der Waals surface area contributed by atoms with Crippen LogP contribution in [0.25, 0.3) is 6.08 Å². The lowest BCUT2D eigenvalue weighted by Gasteiger charge is -2.14. The van der Waals surface area contributed by atoms with Crippen LogP contribution in [0.2, 0.25) is 10.0 Å². The summed E-state index contributed by atoms with van der Waals surface area (Å²) in [5.41, 5.74) is 1.87. The summed E-state index contributed by atoms with van der Waals surface area (Å²) < 4.78 is 11.9. The highest BCUT2D eigenvalue weighted by atomic mass is 79.9. The predicted octanol–water partition coefficient (Wildman–Crippen LogP) is 6.89. The van der Waals surface area contributed by atoms with Gasteiger partial charge in [-0.3, -0.25) is 4.79 Å². The number of nitrogens with one attached hydrogen (secondary N) is 1. The van der Waals surface area contributed by atoms with Gasteiger partial charge in [-0.05, 0) is 54.1 Å². The zero-order valence-corrected chi connectivity index (χ0v) is 20.0. The smallest absolute Gasteiger partial charge is 0.266 e. The Morgan fingerprint density at radius 1 is 1.12 bits per heavy atom. The van der Waals surface area contributed by atoms with Crippen LogP contribution < -0.4 is 14.8 Å². The number of nitriles is 1. The molecule has 3 aromatic rings. The zero-order chi connectivity index (χ0) is 23.1. The van der Waals surface area contributed by atoms with Crippen LogP contribution in [0, 0.1) is 11.3 Å². The molecule has 0 saturated carbocycles. The first kappa shape index (κ1) is 23.7. The van der Waals surface area contributed by atoms with Gasteiger partial charge in [-0.1, -0.05) is 57.3 Å². The van der Waals surface area contributed by atoms with Crippen molar-refractivity contribution < 1.29 is 14.3 Å². The van der Waals surface area contributed by atoms with Crippen molar-refractivity contribution in [3.8, 4) is 17.6 Å². The second kappa shape index (κ2) is 11.1. The topological polar surface area (TPSA) is 71.3 Å². The van der Waals surface area contributed by atoms with E-state index in [2.05, 4.69) is 21.2 Å². The van der Waals surface area contributed by atoms with Gasteiger partial charge in [-0.2, -0.15) is 5.26 Å². The number of rotatable bonds is 7. The average Bonchev–Trinajstić information content (AvgIpc) is 2.79. The SMILES string of the molecule is COc1cc(/C=C(\C#N)C(=O)Nc2ccc(Cl)cc2)c(Br)cc1OCc1ccccc1Cl. The summed E-state index contributed by atoms with van der Waals surface area (Å²) in [6.07, 6.45) is 1.47. The minimum Gasteiger partial charge on any atom is -0.493 e. The number of amides is 1. The van der Waals surface area contributed by atoms with E-state index in [1.807, 2.05) is 24.3 Å². The molecule has 1 amide bonds. The van der Waals surface area contributed by atoms with Gasteiger partial charge in [0, 0.05) is 25.8 Å². The zero-order valence-electron chi connectivity index (χ0n) is 16.9. The molecule has 0 heterocycles. The molecule has 0 fully saturated rings. The van der Waals surface area contributed by atoms with Gasteiger partial charge < -0.3 is 14.8 Å². The van der Waals surface area contributed by atoms with Crippen LogP contribution in [0.3, 0.4) is 0 Å². The number of ether oxygens (including phenoxy) is 2. The first-order valence-electron chi connectivity index (χ1n) is 9.33. The number of benzene rings is 3. The van der Waals surface area contributed by atoms with E-state index in [0.29, 0.717) is 37.3 Å². The number of halogens is 3. The molecule has 0 spiro atoms. The van der Waals surface area contributed by atoms with E-state index in [0.717, 1.165) is 5.56 Å². The van der Waals surface area contributed by atoms with Gasteiger partial charge in [0.25, 0.3) is 5.91 Å². The number of hydrogen-bond donors (Lipinski definition) is 1. The van der Waals surface area contributed by atoms with Crippen molar-refractivity contribution in [3.05, 3.63) is 91.9 Å². The summed E-state index contributed by atoms with van der Waals surface area (Å²) in [5, 5.41) is 13.3. The Hall–Kier alpha value is -2.98. The van der Waals surface area contributed by atoms with Crippen molar-refractivity contribution in [2.45, 2.75) is 6.61 Å². The first-order chi connectivity index (χ1) is 15.4. The molecule has 3 aromatic carbocycles. The third-order valence-corrected chi connectivity index (χ3v) is 5.70. The van der Waals surface area contributed by atoms with Crippen molar-refractivity contribution >= 4 is 56.8 Å². The second-order valence-electron chi connectivity index (χ2n) is 6.54. The van der Waals surface area contributed by atoms with E-state index < -0.39 is 5.91 Å². The number of nitrogens with zero attached hydrogens (tertiary/aromatic N) is 1. The molecule has 0 unspecified atom stereocenters. The Bertz CT molecular complexity index is 1200. The Kier molecular flexibility index (Phi) is 8.18. The highest BCUT2D eigenvalue weighted by Crippen LogP contribution is 2.35. The van der Waals surface area contributed by atoms with Crippen LogP contribution in [-0.2, 0) is 11.4 Å². The standard InChI is InChI=1S/C24H17BrCl2N2O3/c1-31-22-11-16(10-17(13-28)24(30)29-19-8-6-18(26)7-9-19)20(25)12-23(22)32-14-15-4-2-3-5-21(15)27/h2-12H,14H2,1H3,(H,29,30)/b17-10+. The molecule has 0 aliphatic heterocycles. The molecule has 162 valence electrons. The molecule has 8 heteroatoms. The average molecular weight is 532 g/mol. The lowest BCUT2D eigenvalue weighted by atomic mass is 10.1. The molecule has 0 saturated heterocycles. The number of carbonyl (C=O) groups excluding carboxylic acids is 1. The summed E-state index contributed by atoms with van der Waals surface area (Å²) in [6, 6.07) is 19.3. The van der Waals surface area contributed by atoms with Gasteiger partial charge in [0.05, 0.1) is 7.11 Å². The summed E-state index contributed by atoms with van der Waals surface area (Å²) in [4.78, 5) is 12.5. The minimum atomic E-state index is -0.542. The highest BCUT2D eigenvalue weighted by molar-refractivity contribution is 9.10. The quantitative estimate of drug-likeness (QED) is 0.266. The molecular weight excluding hydrogens is 515 g/mol. The third-order valence-electron chi connectivity index (χ3n) is 4.39. The molecule has 32 heavy (non-hydrogen) atoms. The molecule has 5 nitrogen and oxygen atoms in total. The van der Waals surface area contributed by atoms with Gasteiger partial charge in [-0.25, -0.2) is 0 Å². The maximum absolute atomic E-state index is 12.5. The maximum atomic E-state index is 12.5. The highest BCUT2D eigenvalue weighted by Gasteiger charge is 2.14. The van der Waals surface area contributed by atoms with Gasteiger partial charge >= 0.3 is 0 Å². The summed E-state index contributed by atoms with van der Waals surface area (Å²) in [5.74, 6) is 0.391. The maximum Gasteiger partial charge on any atom is 0.266 e. The fourth-order valence-corrected chi connectivity index (χ4v) is 3.49. The summed E-state index contributed by atoms with van der Waals surface area (Å²) >= 11 is 15.5. The largest absolute Gasteiger partial charge is 0.493 e. The Labute approximate surface area is 204 Å². The normalized spacial score (nSPS) is 10.9. The van der Waals surface area contributed by atoms with E-state index in [-0.39, 0.29) is 12.2 Å². The molecule has 1 N–H and O–H groups in total. The predicted molar refractivity (Wildman–Crippen MR) is 130 cm³/mol. The summed E-state index contributed by atoms with van der Waals surface area (Å²) in [7, 11) is 1.51. The van der Waals surface area contributed by atoms with E-state index in [1.54, 1.807) is 42.5 Å². The monoisotopic (exact) mass is 530 g/mol. The third kappa shape index (κ3) is 6.04. The van der Waals surface area contributed by atoms with Crippen molar-refractivity contribution in [2.75, 3.05) is 12.4 Å². The Morgan fingerprint density at radius 2 is 1.84 bits per heavy atom. The molecular formula is C24H17BrCl2N2O3. The van der Waals surface area contributed by atoms with Gasteiger partial charge in [-0.15, -0.1) is 0 Å². The number of carbonyl (C=O) groups is 1. The number of anilines is 1. The van der Waals surface area contributed by atoms with Crippen LogP contribution in [0.5, 0.6) is 11.5 Å². The molecule has 0 aromatic heterocycles. The van der Waals surface area contributed by atoms with E-state index >= 15 is 0 Å². The van der Waals surface area contributed by atoms with Gasteiger partial charge in [0.15, 0.2) is 11.5 Å². The molecule has 0 aliphatic rings. The van der Waals surface area contributed by atoms with Crippen LogP contribution in [0.1, 0.15) is 11.1 Å². The van der Waals surface area contributed by atoms with Crippen molar-refractivity contribution in [2.24, 2.45) is 0 Å². The van der Waals surface area contributed by atoms with E-state index in [9.17, 15) is 10.1 Å². The second-order valence-corrected chi connectivity index (χ2v) is 8.23. The number of methoxy groups -OCH3 is 1. The molecule has 0 bridgehead atoms. The van der Waals surface area contributed by atoms with Crippen LogP contribution in [0.15, 0.2) is 70.7 Å². The Morgan fingerprint density at radius 3 is 2.50 bits per heavy atom. The first-order valence-corrected chi connectivity index (χ1v) is 10.9. The lowest BCUT2D eigenvalue weighted by Crippen LogP contribution is -2.13. The molecule has 0 atom stereocenters. The van der Waals surface area contributed by atoms with E-state index in [4.69, 9.17) is 32.7 Å². The van der Waals surface area contributed by atoms with Crippen molar-refractivity contribution in [1.29, 1.82) is 5.26 Å². The van der Waals surface area contributed by atoms with Gasteiger partial charge in [0.2, 0.25) is 0 Å². The van der Waals surface area contributed by atoms with E-state index in [1.165, 1.54) is 13.2 Å². The molecule has 0 aliphatic carbocycles. The van der Waals surface area contributed by atoms with Crippen LogP contribution in [-0.4, -0.2) is 13.0 Å². The fourth-order valence-electron chi connectivity index (χ4n) is 2.74. The van der Waals surface area contributed by atoms with Crippen LogP contribution >= 0.6 is 39.1 Å². The van der Waals surface area contributed by atoms with Crippen molar-refractivity contribution in [3.63, 3.8) is 0 Å². The van der Waals surface area contributed by atoms with Gasteiger partial charge in [0.1, 0.15) is 18.2 Å². The minimum absolute atomic E-state index is 0.0764. The lowest BCUT2D eigenvalue weighted by molar-refractivity contribution is -0.112.